The van der Waals surface area contributed by atoms with E-state index in [1.165, 1.54) is 0 Å². The molecule has 0 amide bonds. The maximum atomic E-state index is 10.2. The van der Waals surface area contributed by atoms with Crippen LogP contribution < -0.4 is 15.3 Å². The summed E-state index contributed by atoms with van der Waals surface area (Å²) in [5, 5.41) is 30.7. The first-order valence-corrected chi connectivity index (χ1v) is 8.60. The van der Waals surface area contributed by atoms with Crippen LogP contribution in [0.5, 0.6) is 0 Å². The zero-order chi connectivity index (χ0) is 17.5. The molecular formula is C15H33ClO3Si. The summed E-state index contributed by atoms with van der Waals surface area (Å²) in [6.07, 6.45) is -1.19. The SMILES string of the molecule is CC(C)C(C)[O-].CC(C)C(C)[O-].CC(C)C(C)[O-].[Si+3]Cl. The normalized spacial score (nSPS) is 14.3. The molecule has 0 fully saturated rings. The molecule has 3 nitrogen and oxygen atoms in total. The van der Waals surface area contributed by atoms with E-state index in [9.17, 15) is 15.3 Å². The standard InChI is InChI=1S/3C5H11O.ClSi/c3*1-4(2)5(3)6;1-2/h3*4-5H,1-3H3;/q3*-1;+3. The predicted octanol–water partition coefficient (Wildman–Crippen LogP) is 1.48. The summed E-state index contributed by atoms with van der Waals surface area (Å²) in [7, 11) is 2.44. The van der Waals surface area contributed by atoms with Gasteiger partial charge in [-0.3, -0.25) is 0 Å². The Balaban J connectivity index is -0.0000000902. The second-order valence-electron chi connectivity index (χ2n) is 5.85. The average molecular weight is 325 g/mol. The summed E-state index contributed by atoms with van der Waals surface area (Å²) in [6, 6.07) is 0. The fourth-order valence-electron chi connectivity index (χ4n) is 0. The van der Waals surface area contributed by atoms with Crippen LogP contribution in [-0.4, -0.2) is 27.9 Å². The van der Waals surface area contributed by atoms with Gasteiger partial charge in [0.15, 0.2) is 0 Å². The molecule has 0 N–H and O–H groups in total. The molecule has 0 saturated heterocycles. The second kappa shape index (κ2) is 19.4. The van der Waals surface area contributed by atoms with Crippen molar-refractivity contribution in [3.63, 3.8) is 0 Å². The zero-order valence-corrected chi connectivity index (χ0v) is 16.3. The van der Waals surface area contributed by atoms with Gasteiger partial charge in [0.05, 0.1) is 0 Å². The Morgan fingerprint density at radius 2 is 0.550 bits per heavy atom. The Morgan fingerprint density at radius 3 is 0.550 bits per heavy atom. The van der Waals surface area contributed by atoms with Crippen LogP contribution in [0.25, 0.3) is 0 Å². The third-order valence-electron chi connectivity index (χ3n) is 2.82. The van der Waals surface area contributed by atoms with Crippen molar-refractivity contribution >= 4 is 20.6 Å². The molecule has 5 heteroatoms. The molecule has 3 unspecified atom stereocenters. The van der Waals surface area contributed by atoms with E-state index in [4.69, 9.17) is 0 Å². The molecule has 20 heavy (non-hydrogen) atoms. The third-order valence-corrected chi connectivity index (χ3v) is 2.82. The van der Waals surface area contributed by atoms with Gasteiger partial charge in [0.25, 0.3) is 0 Å². The van der Waals surface area contributed by atoms with Gasteiger partial charge in [-0.15, -0.1) is 18.3 Å². The van der Waals surface area contributed by atoms with Crippen molar-refractivity contribution in [1.29, 1.82) is 0 Å². The number of rotatable bonds is 3. The molecule has 0 aromatic carbocycles. The first kappa shape index (κ1) is 28.5. The van der Waals surface area contributed by atoms with Crippen LogP contribution in [0.1, 0.15) is 62.3 Å². The molecule has 0 heterocycles. The number of hydrogen-bond acceptors (Lipinski definition) is 3. The Morgan fingerprint density at radius 1 is 0.500 bits per heavy atom. The Hall–Kier alpha value is 0.387. The van der Waals surface area contributed by atoms with Gasteiger partial charge in [-0.2, -0.15) is 0 Å². The van der Waals surface area contributed by atoms with E-state index in [-0.39, 0.29) is 0 Å². The van der Waals surface area contributed by atoms with Crippen molar-refractivity contribution in [1.82, 2.24) is 0 Å². The fraction of sp³-hybridized carbons (Fsp3) is 1.00. The van der Waals surface area contributed by atoms with E-state index in [1.54, 1.807) is 20.8 Å². The molecule has 3 atom stereocenters. The van der Waals surface area contributed by atoms with E-state index in [0.29, 0.717) is 17.8 Å². The van der Waals surface area contributed by atoms with Crippen molar-refractivity contribution in [2.75, 3.05) is 0 Å². The van der Waals surface area contributed by atoms with Gasteiger partial charge >= 0.3 is 20.6 Å². The van der Waals surface area contributed by atoms with Gasteiger partial charge in [-0.1, -0.05) is 80.1 Å². The molecule has 0 rings (SSSR count). The van der Waals surface area contributed by atoms with Crippen LogP contribution in [0.4, 0.5) is 0 Å². The molecule has 0 saturated carbocycles. The molecule has 0 radical (unpaired) electrons. The predicted molar refractivity (Wildman–Crippen MR) is 84.5 cm³/mol. The van der Waals surface area contributed by atoms with Crippen LogP contribution in [0.3, 0.4) is 0 Å². The molecule has 0 spiro atoms. The molecule has 0 aliphatic rings. The quantitative estimate of drug-likeness (QED) is 0.583. The van der Waals surface area contributed by atoms with E-state index in [1.807, 2.05) is 41.5 Å². The van der Waals surface area contributed by atoms with Crippen LogP contribution in [0.15, 0.2) is 0 Å². The summed E-state index contributed by atoms with van der Waals surface area (Å²) in [4.78, 5) is 0. The summed E-state index contributed by atoms with van der Waals surface area (Å²) >= 11 is 4.44. The van der Waals surface area contributed by atoms with Gasteiger partial charge in [0, 0.05) is 0 Å². The zero-order valence-electron chi connectivity index (χ0n) is 14.6. The summed E-state index contributed by atoms with van der Waals surface area (Å²) < 4.78 is 0. The molecule has 0 aliphatic carbocycles. The minimum absolute atomic E-state index is 0.296. The van der Waals surface area contributed by atoms with Crippen LogP contribution in [0.2, 0.25) is 0 Å². The average Bonchev–Trinajstić information content (AvgIpc) is 2.32. The van der Waals surface area contributed by atoms with E-state index >= 15 is 0 Å². The monoisotopic (exact) mass is 324 g/mol. The Labute approximate surface area is 134 Å². The van der Waals surface area contributed by atoms with Crippen LogP contribution in [-0.2, 0) is 0 Å². The van der Waals surface area contributed by atoms with E-state index < -0.39 is 18.3 Å². The third kappa shape index (κ3) is 36.2. The minimum atomic E-state index is -0.398. The fourth-order valence-corrected chi connectivity index (χ4v) is 0. The topological polar surface area (TPSA) is 69.2 Å². The molecule has 122 valence electrons. The Bertz CT molecular complexity index is 115. The van der Waals surface area contributed by atoms with Gasteiger partial charge < -0.3 is 15.3 Å². The maximum absolute atomic E-state index is 10.2. The van der Waals surface area contributed by atoms with Crippen molar-refractivity contribution in [2.24, 2.45) is 17.8 Å². The molecule has 0 aromatic rings. The van der Waals surface area contributed by atoms with Gasteiger partial charge in [-0.25, -0.2) is 0 Å². The van der Waals surface area contributed by atoms with Gasteiger partial charge in [0.2, 0.25) is 0 Å². The summed E-state index contributed by atoms with van der Waals surface area (Å²) in [6.45, 7) is 16.6. The number of halogens is 1. The first-order valence-electron chi connectivity index (χ1n) is 7.09. The summed E-state index contributed by atoms with van der Waals surface area (Å²) in [5.41, 5.74) is 0. The van der Waals surface area contributed by atoms with E-state index in [0.717, 1.165) is 0 Å². The van der Waals surface area contributed by atoms with Gasteiger partial charge in [-0.05, 0) is 0 Å². The van der Waals surface area contributed by atoms with Crippen molar-refractivity contribution < 1.29 is 15.3 Å². The molecule has 0 bridgehead atoms. The molecule has 0 aliphatic heterocycles. The van der Waals surface area contributed by atoms with Crippen molar-refractivity contribution in [3.05, 3.63) is 0 Å². The molecule has 0 aromatic heterocycles. The van der Waals surface area contributed by atoms with Gasteiger partial charge in [0.1, 0.15) is 0 Å². The molecular weight excluding hydrogens is 292 g/mol. The van der Waals surface area contributed by atoms with Crippen LogP contribution >= 0.6 is 11.1 Å². The summed E-state index contributed by atoms with van der Waals surface area (Å²) in [5.74, 6) is 0.889. The van der Waals surface area contributed by atoms with E-state index in [2.05, 4.69) is 20.6 Å². The van der Waals surface area contributed by atoms with Crippen LogP contribution in [0, 0.1) is 17.8 Å². The number of hydrogen-bond donors (Lipinski definition) is 0. The first-order chi connectivity index (χ1) is 8.93. The Kier molecular flexibility index (Phi) is 27.7. The van der Waals surface area contributed by atoms with Crippen molar-refractivity contribution in [3.8, 4) is 0 Å². The van der Waals surface area contributed by atoms with Crippen molar-refractivity contribution in [2.45, 2.75) is 80.6 Å². The second-order valence-corrected chi connectivity index (χ2v) is 5.85.